The maximum absolute atomic E-state index is 3.24. The van der Waals surface area contributed by atoms with Gasteiger partial charge >= 0.3 is 0 Å². The summed E-state index contributed by atoms with van der Waals surface area (Å²) in [4.78, 5) is 0. The molecule has 0 rings (SSSR count). The molecule has 0 heterocycles. The average Bonchev–Trinajstić information content (AvgIpc) is 1.66. The molecule has 0 aromatic carbocycles. The van der Waals surface area contributed by atoms with Crippen LogP contribution in [0.1, 0.15) is 20.8 Å². The second kappa shape index (κ2) is 5.45. The normalized spacial score (nSPS) is 10.5. The van der Waals surface area contributed by atoms with Crippen LogP contribution in [0.25, 0.3) is 0 Å². The molecule has 0 aliphatic carbocycles. The summed E-state index contributed by atoms with van der Waals surface area (Å²) in [5.74, 6) is 1.09. The van der Waals surface area contributed by atoms with Crippen LogP contribution in [0.3, 0.4) is 0 Å². The van der Waals surface area contributed by atoms with Gasteiger partial charge in [-0.3, -0.25) is 0 Å². The van der Waals surface area contributed by atoms with Crippen molar-refractivity contribution >= 4 is 11.8 Å². The van der Waals surface area contributed by atoms with Crippen molar-refractivity contribution in [3.63, 3.8) is 0 Å². The summed E-state index contributed by atoms with van der Waals surface area (Å²) in [5.41, 5.74) is 0. The first-order valence-electron chi connectivity index (χ1n) is 3.09. The number of nitrogens with one attached hydrogen (secondary N) is 1. The summed E-state index contributed by atoms with van der Waals surface area (Å²) >= 11 is 1.94. The van der Waals surface area contributed by atoms with E-state index in [0.717, 1.165) is 17.7 Å². The van der Waals surface area contributed by atoms with Gasteiger partial charge in [-0.1, -0.05) is 20.8 Å². The quantitative estimate of drug-likeness (QED) is 0.462. The highest BCUT2D eigenvalue weighted by Gasteiger charge is 1.89. The lowest BCUT2D eigenvalue weighted by Crippen LogP contribution is -2.12. The monoisotopic (exact) mass is 133 g/mol. The molecule has 8 heavy (non-hydrogen) atoms. The zero-order valence-electron chi connectivity index (χ0n) is 5.90. The summed E-state index contributed by atoms with van der Waals surface area (Å²) in [5, 5.41) is 4.00. The molecule has 2 heteroatoms. The van der Waals surface area contributed by atoms with Crippen molar-refractivity contribution in [2.75, 3.05) is 12.4 Å². The van der Waals surface area contributed by atoms with Crippen molar-refractivity contribution < 1.29 is 0 Å². The molecule has 0 bridgehead atoms. The van der Waals surface area contributed by atoms with Crippen molar-refractivity contribution in [1.82, 2.24) is 5.32 Å². The van der Waals surface area contributed by atoms with Gasteiger partial charge in [0, 0.05) is 11.1 Å². The molecule has 0 saturated carbocycles. The largest absolute Gasteiger partial charge is 0.308 e. The van der Waals surface area contributed by atoms with Gasteiger partial charge in [0.05, 0.1) is 0 Å². The predicted octanol–water partition coefficient (Wildman–Crippen LogP) is 1.69. The maximum atomic E-state index is 3.24. The van der Waals surface area contributed by atoms with Crippen molar-refractivity contribution in [3.8, 4) is 0 Å². The van der Waals surface area contributed by atoms with Gasteiger partial charge in [-0.05, 0) is 6.54 Å². The molecular formula is C6H15NS. The van der Waals surface area contributed by atoms with Crippen LogP contribution in [0.5, 0.6) is 0 Å². The minimum Gasteiger partial charge on any atom is -0.308 e. The van der Waals surface area contributed by atoms with Crippen molar-refractivity contribution in [1.29, 1.82) is 0 Å². The molecule has 0 saturated heterocycles. The number of rotatable bonds is 4. The fourth-order valence-corrected chi connectivity index (χ4v) is 0.983. The molecule has 0 aliphatic rings. The van der Waals surface area contributed by atoms with Gasteiger partial charge in [-0.2, -0.15) is 0 Å². The van der Waals surface area contributed by atoms with Crippen LogP contribution < -0.4 is 5.32 Å². The molecule has 0 amide bonds. The lowest BCUT2D eigenvalue weighted by molar-refractivity contribution is 0.836. The fraction of sp³-hybridized carbons (Fsp3) is 1.00. The maximum Gasteiger partial charge on any atom is 0.0420 e. The van der Waals surface area contributed by atoms with Crippen LogP contribution in [0, 0.1) is 0 Å². The van der Waals surface area contributed by atoms with E-state index in [9.17, 15) is 0 Å². The Morgan fingerprint density at radius 3 is 2.50 bits per heavy atom. The molecule has 0 atom stereocenters. The summed E-state index contributed by atoms with van der Waals surface area (Å²) in [6.45, 7) is 7.63. The smallest absolute Gasteiger partial charge is 0.0420 e. The molecule has 0 spiro atoms. The van der Waals surface area contributed by atoms with Crippen LogP contribution in [-0.4, -0.2) is 17.7 Å². The van der Waals surface area contributed by atoms with E-state index < -0.39 is 0 Å². The molecule has 1 N–H and O–H groups in total. The Hall–Kier alpha value is 0.310. The molecule has 0 aromatic heterocycles. The van der Waals surface area contributed by atoms with E-state index in [-0.39, 0.29) is 0 Å². The third-order valence-corrected chi connectivity index (χ3v) is 1.81. The second-order valence-corrected chi connectivity index (χ2v) is 3.53. The Balaban J connectivity index is 2.72. The zero-order chi connectivity index (χ0) is 6.41. The van der Waals surface area contributed by atoms with Crippen molar-refractivity contribution in [3.05, 3.63) is 0 Å². The van der Waals surface area contributed by atoms with Crippen LogP contribution in [0.2, 0.25) is 0 Å². The van der Waals surface area contributed by atoms with E-state index in [1.165, 1.54) is 0 Å². The Kier molecular flexibility index (Phi) is 5.66. The second-order valence-electron chi connectivity index (χ2n) is 1.96. The van der Waals surface area contributed by atoms with Gasteiger partial charge in [-0.25, -0.2) is 0 Å². The average molecular weight is 133 g/mol. The van der Waals surface area contributed by atoms with Gasteiger partial charge in [0.2, 0.25) is 0 Å². The molecule has 0 aromatic rings. The van der Waals surface area contributed by atoms with Gasteiger partial charge < -0.3 is 5.32 Å². The summed E-state index contributed by atoms with van der Waals surface area (Å²) in [7, 11) is 0. The van der Waals surface area contributed by atoms with Crippen molar-refractivity contribution in [2.24, 2.45) is 0 Å². The number of thioether (sulfide) groups is 1. The highest BCUT2D eigenvalue weighted by atomic mass is 32.2. The van der Waals surface area contributed by atoms with E-state index in [2.05, 4.69) is 26.1 Å². The molecular weight excluding hydrogens is 118 g/mol. The predicted molar refractivity (Wildman–Crippen MR) is 41.3 cm³/mol. The molecule has 1 nitrogen and oxygen atoms in total. The molecule has 0 aliphatic heterocycles. The molecule has 0 fully saturated rings. The standard InChI is InChI=1S/C6H15NS/c1-4-7-5-8-6(2)3/h6-7H,4-5H2,1-3H3. The first-order chi connectivity index (χ1) is 3.77. The lowest BCUT2D eigenvalue weighted by atomic mass is 10.6. The van der Waals surface area contributed by atoms with E-state index in [4.69, 9.17) is 0 Å². The SMILES string of the molecule is CCNCSC(C)C. The summed E-state index contributed by atoms with van der Waals surface area (Å²) in [6, 6.07) is 0. The van der Waals surface area contributed by atoms with Crippen molar-refractivity contribution in [2.45, 2.75) is 26.0 Å². The number of hydrogen-bond acceptors (Lipinski definition) is 2. The fourth-order valence-electron chi connectivity index (χ4n) is 0.328. The van der Waals surface area contributed by atoms with Gasteiger partial charge in [0.1, 0.15) is 0 Å². The van der Waals surface area contributed by atoms with Crippen LogP contribution in [-0.2, 0) is 0 Å². The minimum atomic E-state index is 0.758. The topological polar surface area (TPSA) is 12.0 Å². The third kappa shape index (κ3) is 6.31. The third-order valence-electron chi connectivity index (χ3n) is 0.769. The Bertz CT molecular complexity index is 45.8. The summed E-state index contributed by atoms with van der Waals surface area (Å²) in [6.07, 6.45) is 0. The first kappa shape index (κ1) is 8.31. The Labute approximate surface area is 56.2 Å². The zero-order valence-corrected chi connectivity index (χ0v) is 6.72. The van der Waals surface area contributed by atoms with Crippen LogP contribution in [0.4, 0.5) is 0 Å². The Morgan fingerprint density at radius 1 is 1.50 bits per heavy atom. The van der Waals surface area contributed by atoms with E-state index in [1.807, 2.05) is 11.8 Å². The van der Waals surface area contributed by atoms with Gasteiger partial charge in [0.15, 0.2) is 0 Å². The summed E-state index contributed by atoms with van der Waals surface area (Å²) < 4.78 is 0. The minimum absolute atomic E-state index is 0.758. The number of hydrogen-bond donors (Lipinski definition) is 1. The van der Waals surface area contributed by atoms with E-state index in [0.29, 0.717) is 0 Å². The first-order valence-corrected chi connectivity index (χ1v) is 4.14. The van der Waals surface area contributed by atoms with Crippen LogP contribution >= 0.6 is 11.8 Å². The highest BCUT2D eigenvalue weighted by molar-refractivity contribution is 7.99. The van der Waals surface area contributed by atoms with E-state index in [1.54, 1.807) is 0 Å². The lowest BCUT2D eigenvalue weighted by Gasteiger charge is -2.02. The molecule has 0 radical (unpaired) electrons. The Morgan fingerprint density at radius 2 is 2.12 bits per heavy atom. The molecule has 0 unspecified atom stereocenters. The van der Waals surface area contributed by atoms with Crippen LogP contribution in [0.15, 0.2) is 0 Å². The highest BCUT2D eigenvalue weighted by Crippen LogP contribution is 2.05. The van der Waals surface area contributed by atoms with Gasteiger partial charge in [-0.15, -0.1) is 11.8 Å². The van der Waals surface area contributed by atoms with E-state index >= 15 is 0 Å². The van der Waals surface area contributed by atoms with Gasteiger partial charge in [0.25, 0.3) is 0 Å². The molecule has 50 valence electrons.